The van der Waals surface area contributed by atoms with Crippen molar-refractivity contribution in [1.29, 1.82) is 0 Å². The summed E-state index contributed by atoms with van der Waals surface area (Å²) in [5.41, 5.74) is 7.73. The van der Waals surface area contributed by atoms with Crippen molar-refractivity contribution in [2.24, 2.45) is 5.11 Å². The molecule has 82 valence electrons. The SMILES string of the molecule is [CH2-]CCCCC.[CH2-]CCCN=[N+]=[N-].[W+2]. The predicted molar refractivity (Wildman–Crippen MR) is 58.1 cm³/mol. The van der Waals surface area contributed by atoms with Gasteiger partial charge in [-0.25, -0.2) is 0 Å². The van der Waals surface area contributed by atoms with Crippen molar-refractivity contribution in [1.82, 2.24) is 0 Å². The molecule has 3 nitrogen and oxygen atoms in total. The number of nitrogens with zero attached hydrogens (tertiary/aromatic N) is 3. The van der Waals surface area contributed by atoms with Gasteiger partial charge >= 0.3 is 21.1 Å². The summed E-state index contributed by atoms with van der Waals surface area (Å²) in [5, 5.41) is 3.30. The molecule has 0 rings (SSSR count). The van der Waals surface area contributed by atoms with E-state index in [-0.39, 0.29) is 21.1 Å². The fourth-order valence-corrected chi connectivity index (χ4v) is 0.654. The Bertz CT molecular complexity index is 119. The van der Waals surface area contributed by atoms with Crippen LogP contribution in [-0.2, 0) is 21.1 Å². The molecule has 0 aliphatic heterocycles. The molecule has 0 heterocycles. The minimum absolute atomic E-state index is 0. The van der Waals surface area contributed by atoms with E-state index in [4.69, 9.17) is 5.53 Å². The average Bonchev–Trinajstić information content (AvgIpc) is 2.17. The van der Waals surface area contributed by atoms with Crippen LogP contribution in [0.2, 0.25) is 0 Å². The van der Waals surface area contributed by atoms with Crippen LogP contribution in [0.5, 0.6) is 0 Å². The third-order valence-electron chi connectivity index (χ3n) is 1.42. The Balaban J connectivity index is -0.000000163. The zero-order valence-corrected chi connectivity index (χ0v) is 12.0. The molecule has 0 aromatic heterocycles. The molecule has 14 heavy (non-hydrogen) atoms. The maximum atomic E-state index is 7.73. The van der Waals surface area contributed by atoms with Gasteiger partial charge in [0.25, 0.3) is 0 Å². The zero-order valence-electron chi connectivity index (χ0n) is 9.11. The largest absolute Gasteiger partial charge is 2.00 e. The van der Waals surface area contributed by atoms with Crippen molar-refractivity contribution in [3.63, 3.8) is 0 Å². The van der Waals surface area contributed by atoms with Crippen molar-refractivity contribution in [3.8, 4) is 0 Å². The van der Waals surface area contributed by atoms with Gasteiger partial charge in [0.1, 0.15) is 0 Å². The van der Waals surface area contributed by atoms with E-state index in [0.29, 0.717) is 6.54 Å². The number of hydrogen-bond donors (Lipinski definition) is 0. The van der Waals surface area contributed by atoms with Crippen LogP contribution in [0.15, 0.2) is 5.11 Å². The quantitative estimate of drug-likeness (QED) is 0.221. The summed E-state index contributed by atoms with van der Waals surface area (Å²) in [4.78, 5) is 2.57. The third-order valence-corrected chi connectivity index (χ3v) is 1.42. The van der Waals surface area contributed by atoms with E-state index in [2.05, 4.69) is 30.8 Å². The molecule has 0 saturated carbocycles. The van der Waals surface area contributed by atoms with Crippen LogP contribution >= 0.6 is 0 Å². The molecule has 0 atom stereocenters. The summed E-state index contributed by atoms with van der Waals surface area (Å²) >= 11 is 0. The number of hydrogen-bond acceptors (Lipinski definition) is 1. The molecule has 4 heteroatoms. The van der Waals surface area contributed by atoms with Crippen molar-refractivity contribution in [3.05, 3.63) is 24.3 Å². The Morgan fingerprint density at radius 3 is 2.00 bits per heavy atom. The molecule has 0 unspecified atom stereocenters. The molecule has 0 aliphatic rings. The summed E-state index contributed by atoms with van der Waals surface area (Å²) in [5.74, 6) is 0. The fourth-order valence-electron chi connectivity index (χ4n) is 0.654. The smallest absolute Gasteiger partial charge is 0.343 e. The summed E-state index contributed by atoms with van der Waals surface area (Å²) < 4.78 is 0. The number of rotatable bonds is 6. The first-order valence-electron chi connectivity index (χ1n) is 4.92. The van der Waals surface area contributed by atoms with Crippen molar-refractivity contribution in [2.45, 2.75) is 45.4 Å². The third kappa shape index (κ3) is 29.6. The van der Waals surface area contributed by atoms with Crippen molar-refractivity contribution < 1.29 is 21.1 Å². The molecule has 0 aromatic rings. The van der Waals surface area contributed by atoms with Gasteiger partial charge in [-0.2, -0.15) is 12.8 Å². The molecule has 0 N–H and O–H groups in total. The molecule has 0 spiro atoms. The van der Waals surface area contributed by atoms with Crippen LogP contribution in [0.4, 0.5) is 0 Å². The predicted octanol–water partition coefficient (Wildman–Crippen LogP) is 4.31. The van der Waals surface area contributed by atoms with Crippen LogP contribution in [0.1, 0.15) is 45.4 Å². The van der Waals surface area contributed by atoms with E-state index >= 15 is 0 Å². The molecular weight excluding hydrogens is 346 g/mol. The van der Waals surface area contributed by atoms with E-state index in [0.717, 1.165) is 19.3 Å². The summed E-state index contributed by atoms with van der Waals surface area (Å²) in [7, 11) is 0. The molecule has 0 aliphatic carbocycles. The van der Waals surface area contributed by atoms with Crippen LogP contribution in [0.3, 0.4) is 0 Å². The van der Waals surface area contributed by atoms with E-state index < -0.39 is 0 Å². The van der Waals surface area contributed by atoms with Gasteiger partial charge in [0.2, 0.25) is 0 Å². The van der Waals surface area contributed by atoms with Gasteiger partial charge in [-0.15, -0.1) is 0 Å². The maximum Gasteiger partial charge on any atom is 2.00 e. The van der Waals surface area contributed by atoms with Crippen LogP contribution in [-0.4, -0.2) is 6.54 Å². The van der Waals surface area contributed by atoms with E-state index in [9.17, 15) is 0 Å². The Morgan fingerprint density at radius 1 is 1.14 bits per heavy atom. The fraction of sp³-hybridized carbons (Fsp3) is 0.800. The first kappa shape index (κ1) is 19.6. The minimum Gasteiger partial charge on any atom is -0.343 e. The topological polar surface area (TPSA) is 48.8 Å². The van der Waals surface area contributed by atoms with Crippen LogP contribution in [0, 0.1) is 13.8 Å². The van der Waals surface area contributed by atoms with Gasteiger partial charge in [-0.1, -0.05) is 37.7 Å². The van der Waals surface area contributed by atoms with Crippen LogP contribution in [0.25, 0.3) is 10.4 Å². The van der Waals surface area contributed by atoms with E-state index in [1.165, 1.54) is 19.3 Å². The van der Waals surface area contributed by atoms with E-state index in [1.54, 1.807) is 0 Å². The molecule has 0 saturated heterocycles. The molecule has 0 aromatic carbocycles. The first-order valence-corrected chi connectivity index (χ1v) is 4.92. The van der Waals surface area contributed by atoms with Crippen LogP contribution < -0.4 is 0 Å². The number of unbranched alkanes of at least 4 members (excludes halogenated alkanes) is 4. The Morgan fingerprint density at radius 2 is 1.71 bits per heavy atom. The van der Waals surface area contributed by atoms with Gasteiger partial charge in [0.05, 0.1) is 0 Å². The Hall–Kier alpha value is -0.00169. The van der Waals surface area contributed by atoms with Gasteiger partial charge < -0.3 is 13.8 Å². The van der Waals surface area contributed by atoms with Gasteiger partial charge in [0.15, 0.2) is 0 Å². The second-order valence-corrected chi connectivity index (χ2v) is 2.72. The molecule has 0 radical (unpaired) electrons. The van der Waals surface area contributed by atoms with Gasteiger partial charge in [0, 0.05) is 11.5 Å². The van der Waals surface area contributed by atoms with Crippen molar-refractivity contribution >= 4 is 0 Å². The van der Waals surface area contributed by atoms with Gasteiger partial charge in [-0.3, -0.25) is 0 Å². The maximum absolute atomic E-state index is 7.73. The summed E-state index contributed by atoms with van der Waals surface area (Å²) in [6.07, 6.45) is 6.81. The Labute approximate surface area is 103 Å². The average molecular weight is 367 g/mol. The normalized spacial score (nSPS) is 7.64. The second kappa shape index (κ2) is 23.1. The molecule has 0 bridgehead atoms. The summed E-state index contributed by atoms with van der Waals surface area (Å²) in [6.45, 7) is 10.1. The second-order valence-electron chi connectivity index (χ2n) is 2.72. The monoisotopic (exact) mass is 367 g/mol. The standard InChI is InChI=1S/C6H13.C4H8N3.W/c1-3-5-6-4-2;1-2-3-4-6-7-5;/h1,3-6H2,2H3;1-4H2;/q2*-1;+2. The minimum atomic E-state index is 0. The van der Waals surface area contributed by atoms with Gasteiger partial charge in [-0.05, 0) is 5.53 Å². The summed E-state index contributed by atoms with van der Waals surface area (Å²) in [6, 6.07) is 0. The molecular formula is C10H21N3W. The number of azide groups is 1. The Kier molecular flexibility index (Phi) is 32.3. The van der Waals surface area contributed by atoms with Crippen molar-refractivity contribution in [2.75, 3.05) is 6.54 Å². The zero-order chi connectivity index (χ0) is 10.4. The molecule has 0 fully saturated rings. The molecule has 0 amide bonds. The first-order chi connectivity index (χ1) is 6.33. The van der Waals surface area contributed by atoms with E-state index in [1.807, 2.05) is 0 Å².